The van der Waals surface area contributed by atoms with Gasteiger partial charge in [-0.15, -0.1) is 17.8 Å². The van der Waals surface area contributed by atoms with Crippen molar-refractivity contribution in [1.82, 2.24) is 15.2 Å². The van der Waals surface area contributed by atoms with E-state index in [4.69, 9.17) is 15.9 Å². The number of aliphatic imine (C=N–C) groups is 1. The third kappa shape index (κ3) is 6.55. The number of thiazole rings is 1. The van der Waals surface area contributed by atoms with Crippen molar-refractivity contribution in [3.8, 4) is 18.1 Å². The van der Waals surface area contributed by atoms with Crippen LogP contribution in [0.1, 0.15) is 29.3 Å². The zero-order valence-corrected chi connectivity index (χ0v) is 17.8. The molecule has 0 aliphatic carbocycles. The number of benzene rings is 1. The highest BCUT2D eigenvalue weighted by atomic mass is 32.1. The highest BCUT2D eigenvalue weighted by molar-refractivity contribution is 7.09. The second-order valence-corrected chi connectivity index (χ2v) is 7.16. The smallest absolute Gasteiger partial charge is 0.193 e. The molecule has 0 radical (unpaired) electrons. The summed E-state index contributed by atoms with van der Waals surface area (Å²) < 4.78 is 10.7. The zero-order valence-electron chi connectivity index (χ0n) is 16.9. The molecule has 1 aromatic carbocycles. The molecule has 1 aromatic heterocycles. The minimum Gasteiger partial charge on any atom is -0.481 e. The van der Waals surface area contributed by atoms with E-state index in [1.54, 1.807) is 25.5 Å². The molecule has 2 rings (SSSR count). The van der Waals surface area contributed by atoms with Crippen LogP contribution in [-0.2, 0) is 17.7 Å². The van der Waals surface area contributed by atoms with Crippen LogP contribution in [0.5, 0.6) is 5.75 Å². The van der Waals surface area contributed by atoms with Crippen molar-refractivity contribution in [3.05, 3.63) is 45.9 Å². The maximum Gasteiger partial charge on any atom is 0.193 e. The van der Waals surface area contributed by atoms with Crippen LogP contribution in [0.4, 0.5) is 0 Å². The fourth-order valence-corrected chi connectivity index (χ4v) is 3.42. The van der Waals surface area contributed by atoms with Crippen LogP contribution in [0.3, 0.4) is 0 Å². The molecule has 0 saturated heterocycles. The largest absolute Gasteiger partial charge is 0.481 e. The summed E-state index contributed by atoms with van der Waals surface area (Å²) in [5.41, 5.74) is 2.23. The molecule has 150 valence electrons. The number of ether oxygens (including phenoxy) is 2. The fraction of sp³-hybridized carbons (Fsp3) is 0.429. The molecule has 0 aliphatic rings. The number of guanidine groups is 1. The summed E-state index contributed by atoms with van der Waals surface area (Å²) in [4.78, 5) is 11.1. The van der Waals surface area contributed by atoms with E-state index in [-0.39, 0.29) is 12.7 Å². The van der Waals surface area contributed by atoms with Gasteiger partial charge in [0.2, 0.25) is 0 Å². The van der Waals surface area contributed by atoms with E-state index in [2.05, 4.69) is 31.5 Å². The topological polar surface area (TPSA) is 59.0 Å². The van der Waals surface area contributed by atoms with Crippen LogP contribution in [0.2, 0.25) is 0 Å². The Hall–Kier alpha value is -2.56. The molecule has 0 fully saturated rings. The van der Waals surface area contributed by atoms with Gasteiger partial charge in [-0.05, 0) is 31.0 Å². The Kier molecular flexibility index (Phi) is 8.79. The first-order valence-electron chi connectivity index (χ1n) is 9.11. The molecule has 0 aliphatic heterocycles. The highest BCUT2D eigenvalue weighted by Crippen LogP contribution is 2.21. The van der Waals surface area contributed by atoms with Crippen molar-refractivity contribution in [2.45, 2.75) is 26.0 Å². The van der Waals surface area contributed by atoms with Gasteiger partial charge in [-0.1, -0.05) is 18.1 Å². The highest BCUT2D eigenvalue weighted by Gasteiger charge is 2.12. The van der Waals surface area contributed by atoms with Crippen molar-refractivity contribution in [2.24, 2.45) is 4.99 Å². The molecule has 1 heterocycles. The standard InChI is InChI=1S/C21H28N4O2S/c1-6-13-27-19-9-7-17(8-10-19)11-12-23-21(22-3)25(4)14-18-15-28-20(24-18)16(2)26-5/h1,7-10,15-16H,11-14H2,2-5H3,(H,22,23). The van der Waals surface area contributed by atoms with Crippen molar-refractivity contribution in [2.75, 3.05) is 34.4 Å². The normalized spacial score (nSPS) is 12.3. The molecular formula is C21H28N4O2S. The van der Waals surface area contributed by atoms with Crippen molar-refractivity contribution < 1.29 is 9.47 Å². The molecule has 28 heavy (non-hydrogen) atoms. The van der Waals surface area contributed by atoms with Crippen LogP contribution in [0.25, 0.3) is 0 Å². The van der Waals surface area contributed by atoms with Gasteiger partial charge in [0.05, 0.1) is 12.2 Å². The summed E-state index contributed by atoms with van der Waals surface area (Å²) in [6.45, 7) is 3.76. The quantitative estimate of drug-likeness (QED) is 0.398. The summed E-state index contributed by atoms with van der Waals surface area (Å²) in [6, 6.07) is 7.98. The van der Waals surface area contributed by atoms with E-state index in [9.17, 15) is 0 Å². The third-order valence-electron chi connectivity index (χ3n) is 4.19. The molecular weight excluding hydrogens is 372 g/mol. The molecule has 0 bridgehead atoms. The summed E-state index contributed by atoms with van der Waals surface area (Å²) in [6.07, 6.45) is 6.10. The number of nitrogens with one attached hydrogen (secondary N) is 1. The molecule has 1 atom stereocenters. The monoisotopic (exact) mass is 400 g/mol. The Balaban J connectivity index is 1.81. The SMILES string of the molecule is C#CCOc1ccc(CCNC(=NC)N(C)Cc2csc(C(C)OC)n2)cc1. The van der Waals surface area contributed by atoms with E-state index in [1.165, 1.54) is 5.56 Å². The lowest BCUT2D eigenvalue weighted by Gasteiger charge is -2.21. The Labute approximate surface area is 171 Å². The number of hydrogen-bond donors (Lipinski definition) is 1. The molecule has 2 aromatic rings. The zero-order chi connectivity index (χ0) is 20.4. The first-order valence-corrected chi connectivity index (χ1v) is 9.99. The maximum absolute atomic E-state index is 5.39. The van der Waals surface area contributed by atoms with E-state index in [0.29, 0.717) is 6.54 Å². The van der Waals surface area contributed by atoms with Crippen LogP contribution < -0.4 is 10.1 Å². The summed E-state index contributed by atoms with van der Waals surface area (Å²) in [5, 5.41) is 6.45. The molecule has 0 spiro atoms. The molecule has 7 heteroatoms. The maximum atomic E-state index is 5.39. The molecule has 1 N–H and O–H groups in total. The minimum absolute atomic E-state index is 0.0184. The Bertz CT molecular complexity index is 795. The third-order valence-corrected chi connectivity index (χ3v) is 5.24. The average molecular weight is 401 g/mol. The number of aromatic nitrogens is 1. The number of hydrogen-bond acceptors (Lipinski definition) is 5. The van der Waals surface area contributed by atoms with Gasteiger partial charge in [0.15, 0.2) is 5.96 Å². The molecule has 6 nitrogen and oxygen atoms in total. The van der Waals surface area contributed by atoms with Gasteiger partial charge in [0.1, 0.15) is 23.5 Å². The minimum atomic E-state index is 0.0184. The van der Waals surface area contributed by atoms with Gasteiger partial charge in [-0.25, -0.2) is 4.98 Å². The number of methoxy groups -OCH3 is 1. The van der Waals surface area contributed by atoms with E-state index < -0.39 is 0 Å². The fourth-order valence-electron chi connectivity index (χ4n) is 2.58. The van der Waals surface area contributed by atoms with E-state index >= 15 is 0 Å². The number of terminal acetylenes is 1. The van der Waals surface area contributed by atoms with Crippen LogP contribution >= 0.6 is 11.3 Å². The molecule has 0 saturated carbocycles. The summed E-state index contributed by atoms with van der Waals surface area (Å²) in [5.74, 6) is 4.09. The number of rotatable bonds is 9. The van der Waals surface area contributed by atoms with Gasteiger partial charge in [-0.2, -0.15) is 0 Å². The molecule has 0 amide bonds. The summed E-state index contributed by atoms with van der Waals surface area (Å²) >= 11 is 1.62. The van der Waals surface area contributed by atoms with Crippen LogP contribution in [-0.4, -0.2) is 50.2 Å². The van der Waals surface area contributed by atoms with Gasteiger partial charge in [0.25, 0.3) is 0 Å². The lowest BCUT2D eigenvalue weighted by atomic mass is 10.1. The Morgan fingerprint density at radius 3 is 2.79 bits per heavy atom. The van der Waals surface area contributed by atoms with Gasteiger partial charge in [-0.3, -0.25) is 4.99 Å². The van der Waals surface area contributed by atoms with Gasteiger partial charge < -0.3 is 19.7 Å². The van der Waals surface area contributed by atoms with Crippen molar-refractivity contribution in [3.63, 3.8) is 0 Å². The second-order valence-electron chi connectivity index (χ2n) is 6.27. The van der Waals surface area contributed by atoms with Crippen molar-refractivity contribution >= 4 is 17.3 Å². The second kappa shape index (κ2) is 11.3. The van der Waals surface area contributed by atoms with Crippen molar-refractivity contribution in [1.29, 1.82) is 0 Å². The summed E-state index contributed by atoms with van der Waals surface area (Å²) in [7, 11) is 5.49. The average Bonchev–Trinajstić information content (AvgIpc) is 3.18. The Morgan fingerprint density at radius 1 is 1.39 bits per heavy atom. The van der Waals surface area contributed by atoms with Crippen LogP contribution in [0.15, 0.2) is 34.6 Å². The van der Waals surface area contributed by atoms with E-state index in [1.807, 2.05) is 38.2 Å². The Morgan fingerprint density at radius 2 is 2.14 bits per heavy atom. The first kappa shape index (κ1) is 21.7. The first-order chi connectivity index (χ1) is 13.6. The number of nitrogens with zero attached hydrogens (tertiary/aromatic N) is 3. The lowest BCUT2D eigenvalue weighted by molar-refractivity contribution is 0.119. The van der Waals surface area contributed by atoms with Crippen LogP contribution in [0, 0.1) is 12.3 Å². The van der Waals surface area contributed by atoms with Gasteiger partial charge in [0, 0.05) is 33.1 Å². The predicted octanol–water partition coefficient (Wildman–Crippen LogP) is 3.11. The predicted molar refractivity (Wildman–Crippen MR) is 115 cm³/mol. The molecule has 1 unspecified atom stereocenters. The van der Waals surface area contributed by atoms with Gasteiger partial charge >= 0.3 is 0 Å². The lowest BCUT2D eigenvalue weighted by Crippen LogP contribution is -2.39. The van der Waals surface area contributed by atoms with E-state index in [0.717, 1.165) is 35.4 Å².